The first kappa shape index (κ1) is 16.2. The Morgan fingerprint density at radius 3 is 2.32 bits per heavy atom. The summed E-state index contributed by atoms with van der Waals surface area (Å²) in [5.74, 6) is -5.02. The molecule has 1 heterocycles. The molecule has 1 aromatic rings. The van der Waals surface area contributed by atoms with Gasteiger partial charge in [0.05, 0.1) is 23.1 Å². The van der Waals surface area contributed by atoms with Crippen LogP contribution < -0.4 is 4.90 Å². The molecule has 0 radical (unpaired) electrons. The second kappa shape index (κ2) is 5.12. The lowest BCUT2D eigenvalue weighted by atomic mass is 9.59. The first-order valence-corrected chi connectivity index (χ1v) is 7.97. The van der Waals surface area contributed by atoms with Gasteiger partial charge in [0.25, 0.3) is 0 Å². The number of halogens is 4. The van der Waals surface area contributed by atoms with Crippen molar-refractivity contribution in [1.29, 1.82) is 0 Å². The zero-order valence-electron chi connectivity index (χ0n) is 12.8. The molecule has 0 unspecified atom stereocenters. The molecule has 4 atom stereocenters. The van der Waals surface area contributed by atoms with Gasteiger partial charge >= 0.3 is 6.18 Å². The Morgan fingerprint density at radius 1 is 1.00 bits per heavy atom. The number of alkyl halides is 3. The number of hydrogen-bond acceptors (Lipinski definition) is 3. The summed E-state index contributed by atoms with van der Waals surface area (Å²) in [6, 6.07) is 2.06. The second-order valence-corrected chi connectivity index (χ2v) is 6.84. The maximum absolute atomic E-state index is 13.5. The van der Waals surface area contributed by atoms with E-state index in [9.17, 15) is 31.9 Å². The van der Waals surface area contributed by atoms with E-state index in [-0.39, 0.29) is 23.8 Å². The summed E-state index contributed by atoms with van der Waals surface area (Å²) < 4.78 is 52.2. The molecule has 8 heteroatoms. The molecule has 3 saturated carbocycles. The number of amides is 2. The van der Waals surface area contributed by atoms with E-state index in [1.165, 1.54) is 0 Å². The van der Waals surface area contributed by atoms with Crippen LogP contribution in [0.25, 0.3) is 0 Å². The van der Waals surface area contributed by atoms with Crippen molar-refractivity contribution in [3.05, 3.63) is 29.6 Å². The Balaban J connectivity index is 1.76. The number of nitrogens with zero attached hydrogens (tertiary/aromatic N) is 1. The summed E-state index contributed by atoms with van der Waals surface area (Å²) in [6.07, 6.45) is -3.53. The second-order valence-electron chi connectivity index (χ2n) is 6.84. The molecule has 1 saturated heterocycles. The van der Waals surface area contributed by atoms with Crippen LogP contribution in [0.1, 0.15) is 24.8 Å². The van der Waals surface area contributed by atoms with Crippen molar-refractivity contribution in [3.63, 3.8) is 0 Å². The Bertz CT molecular complexity index is 804. The largest absolute Gasteiger partial charge is 0.419 e. The van der Waals surface area contributed by atoms with Gasteiger partial charge in [-0.1, -0.05) is 0 Å². The highest BCUT2D eigenvalue weighted by atomic mass is 19.4. The monoisotopic (exact) mass is 355 g/mol. The van der Waals surface area contributed by atoms with E-state index in [2.05, 4.69) is 0 Å². The quantitative estimate of drug-likeness (QED) is 0.575. The lowest BCUT2D eigenvalue weighted by Crippen LogP contribution is -2.46. The number of anilines is 1. The van der Waals surface area contributed by atoms with Crippen molar-refractivity contribution in [3.8, 4) is 0 Å². The van der Waals surface area contributed by atoms with Gasteiger partial charge in [-0.3, -0.25) is 19.3 Å². The molecule has 25 heavy (non-hydrogen) atoms. The minimum atomic E-state index is -4.94. The summed E-state index contributed by atoms with van der Waals surface area (Å²) >= 11 is 0. The summed E-state index contributed by atoms with van der Waals surface area (Å²) in [6.45, 7) is 0. The topological polar surface area (TPSA) is 54.5 Å². The highest BCUT2D eigenvalue weighted by molar-refractivity contribution is 6.23. The first-order valence-electron chi connectivity index (χ1n) is 7.97. The molecule has 0 aromatic heterocycles. The molecule has 0 N–H and O–H groups in total. The molecule has 2 bridgehead atoms. The number of Topliss-reactive ketones (excluding diaryl/α,β-unsaturated/α-hetero) is 1. The van der Waals surface area contributed by atoms with E-state index in [4.69, 9.17) is 0 Å². The molecule has 4 aliphatic rings. The Morgan fingerprint density at radius 2 is 1.68 bits per heavy atom. The molecule has 2 amide bonds. The summed E-state index contributed by atoms with van der Waals surface area (Å²) in [7, 11) is 0. The van der Waals surface area contributed by atoms with Crippen molar-refractivity contribution in [2.24, 2.45) is 23.7 Å². The van der Waals surface area contributed by atoms with Crippen LogP contribution in [-0.4, -0.2) is 17.6 Å². The standard InChI is InChI=1S/C17H13F4NO3/c18-11-4-2-8(6-10(11)17(19,20)21)22-15(24)13-7-1-3-9(12(23)5-7)14(13)16(22)25/h2,4,6-7,9,13-14H,1,3,5H2/t7-,9+,13+,14-/m0/s1. The van der Waals surface area contributed by atoms with Crippen LogP contribution in [-0.2, 0) is 20.6 Å². The predicted octanol–water partition coefficient (Wildman–Crippen LogP) is 2.95. The third kappa shape index (κ3) is 2.22. The maximum Gasteiger partial charge on any atom is 0.419 e. The summed E-state index contributed by atoms with van der Waals surface area (Å²) in [5, 5.41) is 0. The molecular formula is C17H13F4NO3. The number of benzene rings is 1. The molecule has 3 aliphatic carbocycles. The molecule has 4 fully saturated rings. The maximum atomic E-state index is 13.5. The number of ketones is 1. The molecule has 5 rings (SSSR count). The normalized spacial score (nSPS) is 31.7. The van der Waals surface area contributed by atoms with E-state index < -0.39 is 47.1 Å². The smallest absolute Gasteiger partial charge is 0.299 e. The van der Waals surface area contributed by atoms with Crippen LogP contribution in [0.2, 0.25) is 0 Å². The van der Waals surface area contributed by atoms with E-state index in [1.807, 2.05) is 0 Å². The molecule has 1 aromatic carbocycles. The van der Waals surface area contributed by atoms with Gasteiger partial charge in [-0.25, -0.2) is 4.39 Å². The van der Waals surface area contributed by atoms with Crippen LogP contribution in [0.4, 0.5) is 23.2 Å². The van der Waals surface area contributed by atoms with E-state index in [1.54, 1.807) is 0 Å². The van der Waals surface area contributed by atoms with Gasteiger partial charge in [0, 0.05) is 12.3 Å². The fraction of sp³-hybridized carbons (Fsp3) is 0.471. The van der Waals surface area contributed by atoms with Crippen molar-refractivity contribution < 1.29 is 31.9 Å². The van der Waals surface area contributed by atoms with Crippen molar-refractivity contribution in [2.45, 2.75) is 25.4 Å². The van der Waals surface area contributed by atoms with Crippen LogP contribution >= 0.6 is 0 Å². The first-order chi connectivity index (χ1) is 11.7. The number of imide groups is 1. The van der Waals surface area contributed by atoms with Crippen molar-refractivity contribution in [2.75, 3.05) is 4.90 Å². The van der Waals surface area contributed by atoms with Crippen LogP contribution in [0, 0.1) is 29.5 Å². The molecule has 132 valence electrons. The highest BCUT2D eigenvalue weighted by Crippen LogP contribution is 2.52. The molecular weight excluding hydrogens is 342 g/mol. The lowest BCUT2D eigenvalue weighted by Gasteiger charge is -2.41. The average Bonchev–Trinajstić information content (AvgIpc) is 2.81. The molecule has 0 spiro atoms. The molecule has 1 aliphatic heterocycles. The Labute approximate surface area is 139 Å². The Kier molecular flexibility index (Phi) is 3.33. The fourth-order valence-corrected chi connectivity index (χ4v) is 4.51. The number of fused-ring (bicyclic) bond motifs is 2. The third-order valence-electron chi connectivity index (χ3n) is 5.58. The number of rotatable bonds is 1. The number of hydrogen-bond donors (Lipinski definition) is 0. The van der Waals surface area contributed by atoms with Gasteiger partial charge < -0.3 is 0 Å². The zero-order valence-corrected chi connectivity index (χ0v) is 12.8. The van der Waals surface area contributed by atoms with E-state index in [0.717, 1.165) is 6.07 Å². The van der Waals surface area contributed by atoms with Gasteiger partial charge in [0.15, 0.2) is 0 Å². The Hall–Kier alpha value is -2.25. The summed E-state index contributed by atoms with van der Waals surface area (Å²) in [4.78, 5) is 38.2. The lowest BCUT2D eigenvalue weighted by molar-refractivity contribution is -0.143. The number of carbonyl (C=O) groups excluding carboxylic acids is 3. The van der Waals surface area contributed by atoms with Gasteiger partial charge in [-0.15, -0.1) is 0 Å². The average molecular weight is 355 g/mol. The van der Waals surface area contributed by atoms with Crippen molar-refractivity contribution in [1.82, 2.24) is 0 Å². The third-order valence-corrected chi connectivity index (χ3v) is 5.58. The van der Waals surface area contributed by atoms with E-state index in [0.29, 0.717) is 29.9 Å². The predicted molar refractivity (Wildman–Crippen MR) is 76.7 cm³/mol. The van der Waals surface area contributed by atoms with Crippen LogP contribution in [0.5, 0.6) is 0 Å². The van der Waals surface area contributed by atoms with E-state index >= 15 is 0 Å². The van der Waals surface area contributed by atoms with Gasteiger partial charge in [0.2, 0.25) is 11.8 Å². The highest BCUT2D eigenvalue weighted by Gasteiger charge is 2.61. The minimum absolute atomic E-state index is 0.0596. The summed E-state index contributed by atoms with van der Waals surface area (Å²) in [5.41, 5.74) is -1.83. The van der Waals surface area contributed by atoms with Gasteiger partial charge in [0.1, 0.15) is 11.6 Å². The SMILES string of the molecule is O=C1C[C@@H]2CC[C@H]1[C@@H]1C(=O)N(c3ccc(F)c(C(F)(F)F)c3)C(=O)[C@H]21. The molecule has 4 nitrogen and oxygen atoms in total. The van der Waals surface area contributed by atoms with Gasteiger partial charge in [-0.05, 0) is 37.0 Å². The minimum Gasteiger partial charge on any atom is -0.299 e. The number of carbonyl (C=O) groups is 3. The van der Waals surface area contributed by atoms with Crippen molar-refractivity contribution >= 4 is 23.3 Å². The van der Waals surface area contributed by atoms with Crippen LogP contribution in [0.3, 0.4) is 0 Å². The zero-order chi connectivity index (χ0) is 18.1. The van der Waals surface area contributed by atoms with Crippen LogP contribution in [0.15, 0.2) is 18.2 Å². The van der Waals surface area contributed by atoms with Gasteiger partial charge in [-0.2, -0.15) is 13.2 Å². The fourth-order valence-electron chi connectivity index (χ4n) is 4.51.